The summed E-state index contributed by atoms with van der Waals surface area (Å²) in [5.74, 6) is 0.450. The van der Waals surface area contributed by atoms with Crippen LogP contribution in [-0.4, -0.2) is 48.8 Å². The number of aliphatic hydroxyl groups is 1. The first-order valence-corrected chi connectivity index (χ1v) is 9.15. The molecule has 0 aromatic heterocycles. The van der Waals surface area contributed by atoms with E-state index in [4.69, 9.17) is 14.2 Å². The molecule has 2 saturated carbocycles. The number of hydrogen-bond donors (Lipinski definition) is 1. The van der Waals surface area contributed by atoms with E-state index < -0.39 is 6.10 Å². The topological polar surface area (TPSA) is 47.9 Å². The maximum atomic E-state index is 11.0. The first kappa shape index (κ1) is 16.7. The van der Waals surface area contributed by atoms with Crippen molar-refractivity contribution in [3.63, 3.8) is 0 Å². The summed E-state index contributed by atoms with van der Waals surface area (Å²) in [4.78, 5) is 0. The Balaban J connectivity index is 1.68. The van der Waals surface area contributed by atoms with Gasteiger partial charge in [-0.15, -0.1) is 0 Å². The van der Waals surface area contributed by atoms with Crippen LogP contribution in [0.4, 0.5) is 0 Å². The zero-order valence-corrected chi connectivity index (χ0v) is 14.1. The average molecular weight is 312 g/mol. The van der Waals surface area contributed by atoms with Crippen molar-refractivity contribution in [1.82, 2.24) is 0 Å². The first-order chi connectivity index (χ1) is 10.7. The van der Waals surface area contributed by atoms with E-state index in [2.05, 4.69) is 0 Å². The van der Waals surface area contributed by atoms with Crippen LogP contribution in [0.25, 0.3) is 0 Å². The third-order valence-electron chi connectivity index (χ3n) is 6.03. The Morgan fingerprint density at radius 2 is 1.77 bits per heavy atom. The minimum absolute atomic E-state index is 0.0672. The van der Waals surface area contributed by atoms with E-state index in [1.165, 1.54) is 32.1 Å². The molecule has 0 radical (unpaired) electrons. The Hall–Kier alpha value is -0.160. The lowest BCUT2D eigenvalue weighted by Gasteiger charge is -2.46. The molecule has 1 saturated heterocycles. The van der Waals surface area contributed by atoms with Crippen molar-refractivity contribution in [3.05, 3.63) is 0 Å². The molecule has 0 bridgehead atoms. The second kappa shape index (κ2) is 7.16. The molecule has 0 amide bonds. The maximum absolute atomic E-state index is 11.0. The first-order valence-electron chi connectivity index (χ1n) is 9.15. The van der Waals surface area contributed by atoms with Crippen LogP contribution >= 0.6 is 0 Å². The molecule has 3 fully saturated rings. The van der Waals surface area contributed by atoms with Crippen molar-refractivity contribution < 1.29 is 19.3 Å². The standard InChI is InChI=1S/C18H32O4/c1-13-16(22-18(12-21-13)10-6-7-11-18)15(19)17(20-2)14-8-4-3-5-9-14/h13-17,19H,3-12H2,1-2H3. The van der Waals surface area contributed by atoms with Crippen molar-refractivity contribution in [2.24, 2.45) is 5.92 Å². The highest BCUT2D eigenvalue weighted by Crippen LogP contribution is 2.40. The van der Waals surface area contributed by atoms with Crippen molar-refractivity contribution in [1.29, 1.82) is 0 Å². The number of hydrogen-bond acceptors (Lipinski definition) is 4. The van der Waals surface area contributed by atoms with Gasteiger partial charge in [0, 0.05) is 7.11 Å². The molecule has 4 heteroatoms. The van der Waals surface area contributed by atoms with Crippen LogP contribution in [0, 0.1) is 5.92 Å². The Bertz CT molecular complexity index is 347. The Labute approximate surface area is 134 Å². The zero-order valence-electron chi connectivity index (χ0n) is 14.1. The van der Waals surface area contributed by atoms with Crippen molar-refractivity contribution in [2.75, 3.05) is 13.7 Å². The molecular formula is C18H32O4. The van der Waals surface area contributed by atoms with Gasteiger partial charge in [0.1, 0.15) is 12.2 Å². The lowest BCUT2D eigenvalue weighted by atomic mass is 9.81. The second-order valence-corrected chi connectivity index (χ2v) is 7.58. The number of methoxy groups -OCH3 is 1. The Morgan fingerprint density at radius 1 is 1.09 bits per heavy atom. The number of rotatable bonds is 4. The highest BCUT2D eigenvalue weighted by molar-refractivity contribution is 4.96. The Kier molecular flexibility index (Phi) is 5.43. The summed E-state index contributed by atoms with van der Waals surface area (Å²) in [5, 5.41) is 11.0. The zero-order chi connectivity index (χ0) is 15.6. The van der Waals surface area contributed by atoms with Gasteiger partial charge in [-0.25, -0.2) is 0 Å². The maximum Gasteiger partial charge on any atom is 0.113 e. The molecule has 0 aromatic rings. The van der Waals surface area contributed by atoms with Crippen LogP contribution in [0.3, 0.4) is 0 Å². The van der Waals surface area contributed by atoms with E-state index in [0.717, 1.165) is 25.7 Å². The van der Waals surface area contributed by atoms with Crippen LogP contribution < -0.4 is 0 Å². The lowest BCUT2D eigenvalue weighted by Crippen LogP contribution is -2.57. The van der Waals surface area contributed by atoms with Gasteiger partial charge in [-0.05, 0) is 38.5 Å². The van der Waals surface area contributed by atoms with Gasteiger partial charge in [-0.1, -0.05) is 32.1 Å². The van der Waals surface area contributed by atoms with Gasteiger partial charge in [0.05, 0.1) is 24.4 Å². The predicted octanol–water partition coefficient (Wildman–Crippen LogP) is 3.06. The van der Waals surface area contributed by atoms with Gasteiger partial charge in [0.2, 0.25) is 0 Å². The van der Waals surface area contributed by atoms with Crippen LogP contribution in [-0.2, 0) is 14.2 Å². The smallest absolute Gasteiger partial charge is 0.113 e. The minimum atomic E-state index is -0.596. The van der Waals surface area contributed by atoms with Gasteiger partial charge < -0.3 is 19.3 Å². The molecule has 1 heterocycles. The summed E-state index contributed by atoms with van der Waals surface area (Å²) in [6, 6.07) is 0. The average Bonchev–Trinajstić information content (AvgIpc) is 3.00. The number of ether oxygens (including phenoxy) is 3. The van der Waals surface area contributed by atoms with E-state index in [0.29, 0.717) is 12.5 Å². The summed E-state index contributed by atoms with van der Waals surface area (Å²) >= 11 is 0. The van der Waals surface area contributed by atoms with Gasteiger partial charge >= 0.3 is 0 Å². The largest absolute Gasteiger partial charge is 0.388 e. The van der Waals surface area contributed by atoms with Crippen LogP contribution in [0.5, 0.6) is 0 Å². The molecule has 0 aromatic carbocycles. The molecule has 1 spiro atoms. The highest BCUT2D eigenvalue weighted by Gasteiger charge is 2.47. The molecule has 2 aliphatic carbocycles. The fraction of sp³-hybridized carbons (Fsp3) is 1.00. The normalized spacial score (nSPS) is 35.6. The monoisotopic (exact) mass is 312 g/mol. The molecule has 3 aliphatic rings. The van der Waals surface area contributed by atoms with Gasteiger partial charge in [0.25, 0.3) is 0 Å². The molecular weight excluding hydrogens is 280 g/mol. The molecule has 1 aliphatic heterocycles. The molecule has 1 N–H and O–H groups in total. The molecule has 4 atom stereocenters. The molecule has 3 rings (SSSR count). The summed E-state index contributed by atoms with van der Waals surface area (Å²) in [5.41, 5.74) is -0.150. The van der Waals surface area contributed by atoms with Gasteiger partial charge in [0.15, 0.2) is 0 Å². The summed E-state index contributed by atoms with van der Waals surface area (Å²) in [6.45, 7) is 2.70. The van der Waals surface area contributed by atoms with Crippen LogP contribution in [0.15, 0.2) is 0 Å². The van der Waals surface area contributed by atoms with Crippen molar-refractivity contribution in [3.8, 4) is 0 Å². The van der Waals surface area contributed by atoms with E-state index in [1.807, 2.05) is 6.92 Å². The number of aliphatic hydroxyl groups excluding tert-OH is 1. The molecule has 4 nitrogen and oxygen atoms in total. The SMILES string of the molecule is COC(C1CCCCC1)C(O)C1OC2(CCCC2)COC1C. The van der Waals surface area contributed by atoms with Crippen molar-refractivity contribution >= 4 is 0 Å². The minimum Gasteiger partial charge on any atom is -0.388 e. The highest BCUT2D eigenvalue weighted by atomic mass is 16.6. The van der Waals surface area contributed by atoms with Crippen LogP contribution in [0.2, 0.25) is 0 Å². The fourth-order valence-corrected chi connectivity index (χ4v) is 4.69. The van der Waals surface area contributed by atoms with E-state index in [-0.39, 0.29) is 23.9 Å². The molecule has 22 heavy (non-hydrogen) atoms. The molecule has 4 unspecified atom stereocenters. The third kappa shape index (κ3) is 3.35. The summed E-state index contributed by atoms with van der Waals surface area (Å²) in [6.07, 6.45) is 9.59. The van der Waals surface area contributed by atoms with E-state index in [1.54, 1.807) is 7.11 Å². The van der Waals surface area contributed by atoms with Gasteiger partial charge in [-0.3, -0.25) is 0 Å². The third-order valence-corrected chi connectivity index (χ3v) is 6.03. The van der Waals surface area contributed by atoms with Crippen molar-refractivity contribution in [2.45, 2.75) is 94.7 Å². The van der Waals surface area contributed by atoms with Crippen LogP contribution in [0.1, 0.15) is 64.7 Å². The lowest BCUT2D eigenvalue weighted by molar-refractivity contribution is -0.263. The predicted molar refractivity (Wildman–Crippen MR) is 84.9 cm³/mol. The van der Waals surface area contributed by atoms with E-state index >= 15 is 0 Å². The summed E-state index contributed by atoms with van der Waals surface area (Å²) in [7, 11) is 1.72. The molecule has 128 valence electrons. The fourth-order valence-electron chi connectivity index (χ4n) is 4.69. The quantitative estimate of drug-likeness (QED) is 0.867. The van der Waals surface area contributed by atoms with Gasteiger partial charge in [-0.2, -0.15) is 0 Å². The summed E-state index contributed by atoms with van der Waals surface area (Å²) < 4.78 is 18.1. The van der Waals surface area contributed by atoms with E-state index in [9.17, 15) is 5.11 Å². The second-order valence-electron chi connectivity index (χ2n) is 7.58. The Morgan fingerprint density at radius 3 is 2.41 bits per heavy atom.